The van der Waals surface area contributed by atoms with Crippen molar-refractivity contribution in [3.8, 4) is 0 Å². The molecule has 1 unspecified atom stereocenters. The average Bonchev–Trinajstić information content (AvgIpc) is 2.35. The maximum absolute atomic E-state index is 10.1. The highest BCUT2D eigenvalue weighted by Gasteiger charge is 2.37. The van der Waals surface area contributed by atoms with Crippen LogP contribution in [0.15, 0.2) is 11.3 Å². The van der Waals surface area contributed by atoms with Crippen molar-refractivity contribution in [2.24, 2.45) is 0 Å². The van der Waals surface area contributed by atoms with E-state index in [9.17, 15) is 5.11 Å². The summed E-state index contributed by atoms with van der Waals surface area (Å²) in [6.45, 7) is 8.32. The van der Waals surface area contributed by atoms with E-state index < -0.39 is 11.2 Å². The average molecular weight is 265 g/mol. The minimum absolute atomic E-state index is 0.446. The lowest BCUT2D eigenvalue weighted by atomic mass is 9.68. The molecule has 1 aliphatic carbocycles. The normalized spacial score (nSPS) is 24.8. The Morgan fingerprint density at radius 1 is 1.26 bits per heavy atom. The third-order valence-corrected chi connectivity index (χ3v) is 4.57. The molecule has 0 fully saturated rings. The Kier molecular flexibility index (Phi) is 4.31. The summed E-state index contributed by atoms with van der Waals surface area (Å²) in [4.78, 5) is 0. The molecule has 4 heteroatoms. The highest BCUT2D eigenvalue weighted by atomic mass is 16.5. The Balaban J connectivity index is 1.87. The van der Waals surface area contributed by atoms with E-state index in [4.69, 9.17) is 9.39 Å². The quantitative estimate of drug-likeness (QED) is 0.793. The van der Waals surface area contributed by atoms with Crippen molar-refractivity contribution in [2.45, 2.75) is 76.8 Å². The zero-order valence-corrected chi connectivity index (χ0v) is 12.7. The lowest BCUT2D eigenvalue weighted by molar-refractivity contribution is -0.0911. The van der Waals surface area contributed by atoms with Gasteiger partial charge in [0.15, 0.2) is 0 Å². The van der Waals surface area contributed by atoms with E-state index in [2.05, 4.69) is 0 Å². The van der Waals surface area contributed by atoms with Gasteiger partial charge in [0.25, 0.3) is 7.48 Å². The topological polar surface area (TPSA) is 38.7 Å². The molecule has 2 aliphatic rings. The molecular weight excluding hydrogens is 239 g/mol. The van der Waals surface area contributed by atoms with Crippen LogP contribution in [0.5, 0.6) is 0 Å². The molecular formula is C15H26BO3. The summed E-state index contributed by atoms with van der Waals surface area (Å²) in [7, 11) is 1.94. The van der Waals surface area contributed by atoms with E-state index in [0.717, 1.165) is 32.3 Å². The summed E-state index contributed by atoms with van der Waals surface area (Å²) in [5, 5.41) is 10.1. The van der Waals surface area contributed by atoms with Crippen molar-refractivity contribution in [1.82, 2.24) is 0 Å². The molecule has 19 heavy (non-hydrogen) atoms. The van der Waals surface area contributed by atoms with Crippen LogP contribution in [-0.4, -0.2) is 30.4 Å². The molecule has 1 atom stereocenters. The van der Waals surface area contributed by atoms with Gasteiger partial charge in [-0.05, 0) is 64.8 Å². The van der Waals surface area contributed by atoms with Crippen LogP contribution >= 0.6 is 0 Å². The van der Waals surface area contributed by atoms with Gasteiger partial charge in [-0.15, -0.1) is 0 Å². The molecule has 2 rings (SSSR count). The van der Waals surface area contributed by atoms with Crippen molar-refractivity contribution < 1.29 is 14.5 Å². The maximum Gasteiger partial charge on any atom is 0.297 e. The second-order valence-electron chi connectivity index (χ2n) is 6.80. The summed E-state index contributed by atoms with van der Waals surface area (Å²) < 4.78 is 11.6. The van der Waals surface area contributed by atoms with E-state index in [1.54, 1.807) is 13.8 Å². The largest absolute Gasteiger partial charge is 0.498 e. The van der Waals surface area contributed by atoms with E-state index in [1.165, 1.54) is 17.8 Å². The minimum Gasteiger partial charge on any atom is -0.498 e. The van der Waals surface area contributed by atoms with Crippen LogP contribution in [0.25, 0.3) is 0 Å². The van der Waals surface area contributed by atoms with E-state index >= 15 is 0 Å². The van der Waals surface area contributed by atoms with Gasteiger partial charge in [0.1, 0.15) is 0 Å². The van der Waals surface area contributed by atoms with Gasteiger partial charge < -0.3 is 14.5 Å². The number of aliphatic hydroxyl groups is 1. The monoisotopic (exact) mass is 265 g/mol. The third-order valence-electron chi connectivity index (χ3n) is 4.57. The Hall–Kier alpha value is -0.475. The highest BCUT2D eigenvalue weighted by molar-refractivity contribution is 6.29. The first kappa shape index (κ1) is 14.9. The van der Waals surface area contributed by atoms with Crippen LogP contribution < -0.4 is 0 Å². The van der Waals surface area contributed by atoms with Gasteiger partial charge in [-0.3, -0.25) is 0 Å². The summed E-state index contributed by atoms with van der Waals surface area (Å²) in [6.07, 6.45) is 5.48. The van der Waals surface area contributed by atoms with Gasteiger partial charge >= 0.3 is 0 Å². The van der Waals surface area contributed by atoms with Gasteiger partial charge in [-0.2, -0.15) is 0 Å². The lowest BCUT2D eigenvalue weighted by Gasteiger charge is -2.39. The van der Waals surface area contributed by atoms with E-state index in [1.807, 2.05) is 21.3 Å². The maximum atomic E-state index is 10.1. The predicted molar refractivity (Wildman–Crippen MR) is 77.0 cm³/mol. The number of hydrogen-bond acceptors (Lipinski definition) is 3. The fraction of sp³-hybridized carbons (Fsp3) is 0.867. The van der Waals surface area contributed by atoms with Crippen LogP contribution in [0.1, 0.15) is 59.8 Å². The number of ether oxygens (including phenoxy) is 1. The molecule has 1 aliphatic heterocycles. The SMILES string of the molecule is CC(C)(O)C(C)(C)O[B]C1CCC2=C(CCCO2)C1. The second kappa shape index (κ2) is 5.49. The van der Waals surface area contributed by atoms with Crippen molar-refractivity contribution in [3.63, 3.8) is 0 Å². The molecule has 0 saturated heterocycles. The molecule has 1 N–H and O–H groups in total. The Morgan fingerprint density at radius 2 is 2.00 bits per heavy atom. The number of allylic oxidation sites excluding steroid dienone is 2. The molecule has 1 heterocycles. The molecule has 0 spiro atoms. The van der Waals surface area contributed by atoms with Crippen LogP contribution in [0.2, 0.25) is 5.82 Å². The first-order valence-electron chi connectivity index (χ1n) is 7.37. The summed E-state index contributed by atoms with van der Waals surface area (Å²) >= 11 is 0. The van der Waals surface area contributed by atoms with Crippen molar-refractivity contribution in [2.75, 3.05) is 6.61 Å². The van der Waals surface area contributed by atoms with Crippen molar-refractivity contribution in [1.29, 1.82) is 0 Å². The summed E-state index contributed by atoms with van der Waals surface area (Å²) in [5.41, 5.74) is 0.0600. The van der Waals surface area contributed by atoms with Crippen LogP contribution in [0, 0.1) is 0 Å². The summed E-state index contributed by atoms with van der Waals surface area (Å²) in [5.74, 6) is 1.68. The molecule has 1 radical (unpaired) electrons. The third kappa shape index (κ3) is 3.54. The second-order valence-corrected chi connectivity index (χ2v) is 6.80. The zero-order valence-electron chi connectivity index (χ0n) is 12.7. The lowest BCUT2D eigenvalue weighted by Crippen LogP contribution is -2.48. The number of hydrogen-bond donors (Lipinski definition) is 1. The molecule has 0 bridgehead atoms. The zero-order chi connectivity index (χ0) is 14.1. The minimum atomic E-state index is -0.851. The van der Waals surface area contributed by atoms with Crippen LogP contribution in [0.4, 0.5) is 0 Å². The number of rotatable bonds is 4. The van der Waals surface area contributed by atoms with Crippen LogP contribution in [0.3, 0.4) is 0 Å². The van der Waals surface area contributed by atoms with Gasteiger partial charge in [0.05, 0.1) is 23.6 Å². The smallest absolute Gasteiger partial charge is 0.297 e. The molecule has 3 nitrogen and oxygen atoms in total. The van der Waals surface area contributed by atoms with E-state index in [-0.39, 0.29) is 0 Å². The molecule has 0 aromatic rings. The van der Waals surface area contributed by atoms with Crippen molar-refractivity contribution >= 4 is 7.48 Å². The standard InChI is InChI=1S/C15H26BO3/c1-14(2,17)15(3,4)19-16-12-7-8-13-11(10-12)6-5-9-18-13/h12,17H,5-10H2,1-4H3. The molecule has 107 valence electrons. The summed E-state index contributed by atoms with van der Waals surface area (Å²) in [6, 6.07) is 0. The van der Waals surface area contributed by atoms with Crippen LogP contribution in [-0.2, 0) is 9.39 Å². The fourth-order valence-electron chi connectivity index (χ4n) is 2.45. The molecule has 0 amide bonds. The molecule has 0 aromatic carbocycles. The van der Waals surface area contributed by atoms with Crippen molar-refractivity contribution in [3.05, 3.63) is 11.3 Å². The Bertz CT molecular complexity index is 355. The predicted octanol–water partition coefficient (Wildman–Crippen LogP) is 3.21. The van der Waals surface area contributed by atoms with Gasteiger partial charge in [0, 0.05) is 6.42 Å². The first-order chi connectivity index (χ1) is 8.79. The van der Waals surface area contributed by atoms with Gasteiger partial charge in [0.2, 0.25) is 0 Å². The Morgan fingerprint density at radius 3 is 2.68 bits per heavy atom. The van der Waals surface area contributed by atoms with E-state index in [0.29, 0.717) is 5.82 Å². The Labute approximate surface area is 117 Å². The fourth-order valence-corrected chi connectivity index (χ4v) is 2.45. The first-order valence-corrected chi connectivity index (χ1v) is 7.37. The van der Waals surface area contributed by atoms with Gasteiger partial charge in [-0.1, -0.05) is 0 Å². The van der Waals surface area contributed by atoms with Gasteiger partial charge in [-0.25, -0.2) is 0 Å². The molecule has 0 aromatic heterocycles. The molecule has 0 saturated carbocycles. The highest BCUT2D eigenvalue weighted by Crippen LogP contribution is 2.38.